The molecule has 0 amide bonds. The lowest BCUT2D eigenvalue weighted by atomic mass is 10.2. The summed E-state index contributed by atoms with van der Waals surface area (Å²) in [7, 11) is -3.75. The smallest absolute Gasteiger partial charge is 0.243 e. The number of aromatic nitrogens is 3. The number of sulfonamides is 1. The third-order valence-electron chi connectivity index (χ3n) is 4.90. The normalized spacial score (nSPS) is 15.2. The van der Waals surface area contributed by atoms with Crippen molar-refractivity contribution in [2.24, 2.45) is 0 Å². The van der Waals surface area contributed by atoms with Gasteiger partial charge in [0.2, 0.25) is 10.0 Å². The molecule has 3 heterocycles. The minimum Gasteiger partial charge on any atom is -0.352 e. The average molecular weight is 428 g/mol. The molecule has 1 aliphatic rings. The van der Waals surface area contributed by atoms with Crippen LogP contribution in [-0.4, -0.2) is 54.1 Å². The number of aryl methyl sites for hydroxylation is 1. The number of halogens is 1. The molecule has 8 nitrogen and oxygen atoms in total. The van der Waals surface area contributed by atoms with Crippen LogP contribution in [0.15, 0.2) is 59.6 Å². The van der Waals surface area contributed by atoms with Crippen LogP contribution in [-0.2, 0) is 10.0 Å². The standard InChI is InChI=1S/C20H21FN6O2S/c1-15-5-6-16(21)14-17(15)30(28,29)27-12-10-26(11-13-27)20-8-7-19(24-25-20)23-18-4-2-3-9-22-18/h2-9,14H,10-13H2,1H3,(H,22,23,24). The van der Waals surface area contributed by atoms with Crippen molar-refractivity contribution in [3.63, 3.8) is 0 Å². The van der Waals surface area contributed by atoms with E-state index in [0.717, 1.165) is 6.07 Å². The van der Waals surface area contributed by atoms with Gasteiger partial charge in [-0.3, -0.25) is 0 Å². The molecule has 10 heteroatoms. The zero-order valence-corrected chi connectivity index (χ0v) is 17.2. The molecule has 1 N–H and O–H groups in total. The van der Waals surface area contributed by atoms with E-state index >= 15 is 0 Å². The number of nitrogens with one attached hydrogen (secondary N) is 1. The van der Waals surface area contributed by atoms with Gasteiger partial charge in [0.15, 0.2) is 11.6 Å². The van der Waals surface area contributed by atoms with Gasteiger partial charge in [0.05, 0.1) is 4.90 Å². The van der Waals surface area contributed by atoms with Gasteiger partial charge in [0.1, 0.15) is 11.6 Å². The maximum atomic E-state index is 13.6. The van der Waals surface area contributed by atoms with Gasteiger partial charge in [0.25, 0.3) is 0 Å². The Hall–Kier alpha value is -3.11. The fourth-order valence-corrected chi connectivity index (χ4v) is 4.94. The van der Waals surface area contributed by atoms with Crippen molar-refractivity contribution >= 4 is 27.5 Å². The molecule has 0 spiro atoms. The van der Waals surface area contributed by atoms with Crippen molar-refractivity contribution in [3.05, 3.63) is 66.1 Å². The Bertz CT molecular complexity index is 1120. The molecule has 0 saturated carbocycles. The Balaban J connectivity index is 1.41. The maximum Gasteiger partial charge on any atom is 0.243 e. The van der Waals surface area contributed by atoms with E-state index in [4.69, 9.17) is 0 Å². The first kappa shape index (κ1) is 20.2. The van der Waals surface area contributed by atoms with Gasteiger partial charge < -0.3 is 10.2 Å². The zero-order valence-electron chi connectivity index (χ0n) is 16.4. The molecule has 30 heavy (non-hydrogen) atoms. The Labute approximate surface area is 174 Å². The van der Waals surface area contributed by atoms with E-state index < -0.39 is 15.8 Å². The number of rotatable bonds is 5. The summed E-state index contributed by atoms with van der Waals surface area (Å²) in [6, 6.07) is 13.0. The average Bonchev–Trinajstić information content (AvgIpc) is 2.77. The Morgan fingerprint density at radius 2 is 1.77 bits per heavy atom. The predicted octanol–water partition coefficient (Wildman–Crippen LogP) is 2.57. The quantitative estimate of drug-likeness (QED) is 0.668. The Morgan fingerprint density at radius 1 is 0.967 bits per heavy atom. The van der Waals surface area contributed by atoms with Crippen LogP contribution in [0.4, 0.5) is 21.8 Å². The topological polar surface area (TPSA) is 91.3 Å². The van der Waals surface area contributed by atoms with Crippen molar-refractivity contribution < 1.29 is 12.8 Å². The summed E-state index contributed by atoms with van der Waals surface area (Å²) in [6.45, 7) is 3.17. The van der Waals surface area contributed by atoms with E-state index in [2.05, 4.69) is 20.5 Å². The molecular formula is C20H21FN6O2S. The van der Waals surface area contributed by atoms with Crippen LogP contribution < -0.4 is 10.2 Å². The second-order valence-corrected chi connectivity index (χ2v) is 8.82. The molecule has 0 radical (unpaired) electrons. The minimum atomic E-state index is -3.75. The fraction of sp³-hybridized carbons (Fsp3) is 0.250. The number of piperazine rings is 1. The fourth-order valence-electron chi connectivity index (χ4n) is 3.28. The highest BCUT2D eigenvalue weighted by Crippen LogP contribution is 2.23. The van der Waals surface area contributed by atoms with Gasteiger partial charge >= 0.3 is 0 Å². The minimum absolute atomic E-state index is 0.0145. The summed E-state index contributed by atoms with van der Waals surface area (Å²) in [5, 5.41) is 11.5. The van der Waals surface area contributed by atoms with Gasteiger partial charge in [-0.1, -0.05) is 12.1 Å². The molecule has 0 atom stereocenters. The number of hydrogen-bond acceptors (Lipinski definition) is 7. The number of benzene rings is 1. The lowest BCUT2D eigenvalue weighted by molar-refractivity contribution is 0.383. The van der Waals surface area contributed by atoms with Gasteiger partial charge in [-0.25, -0.2) is 17.8 Å². The van der Waals surface area contributed by atoms with Crippen molar-refractivity contribution in [2.45, 2.75) is 11.8 Å². The maximum absolute atomic E-state index is 13.6. The highest BCUT2D eigenvalue weighted by Gasteiger charge is 2.30. The SMILES string of the molecule is Cc1ccc(F)cc1S(=O)(=O)N1CCN(c2ccc(Nc3ccccn3)nn2)CC1. The van der Waals surface area contributed by atoms with Gasteiger partial charge in [0, 0.05) is 32.4 Å². The van der Waals surface area contributed by atoms with Crippen molar-refractivity contribution in [1.82, 2.24) is 19.5 Å². The number of pyridine rings is 1. The third-order valence-corrected chi connectivity index (χ3v) is 6.94. The van der Waals surface area contributed by atoms with Crippen molar-refractivity contribution in [2.75, 3.05) is 36.4 Å². The molecule has 1 aliphatic heterocycles. The largest absolute Gasteiger partial charge is 0.352 e. The second-order valence-electron chi connectivity index (χ2n) is 6.92. The van der Waals surface area contributed by atoms with Crippen LogP contribution >= 0.6 is 0 Å². The van der Waals surface area contributed by atoms with Crippen LogP contribution in [0.3, 0.4) is 0 Å². The van der Waals surface area contributed by atoms with Crippen LogP contribution in [0, 0.1) is 12.7 Å². The first-order chi connectivity index (χ1) is 14.4. The molecule has 156 valence electrons. The zero-order chi connectivity index (χ0) is 21.1. The van der Waals surface area contributed by atoms with E-state index in [1.807, 2.05) is 29.2 Å². The summed E-state index contributed by atoms with van der Waals surface area (Å²) >= 11 is 0. The predicted molar refractivity (Wildman–Crippen MR) is 112 cm³/mol. The van der Waals surface area contributed by atoms with Crippen LogP contribution in [0.1, 0.15) is 5.56 Å². The number of hydrogen-bond donors (Lipinski definition) is 1. The summed E-state index contributed by atoms with van der Waals surface area (Å²) in [4.78, 5) is 6.17. The molecule has 1 aromatic carbocycles. The molecule has 0 aliphatic carbocycles. The van der Waals surface area contributed by atoms with E-state index in [1.54, 1.807) is 19.2 Å². The Morgan fingerprint density at radius 3 is 2.43 bits per heavy atom. The molecular weight excluding hydrogens is 407 g/mol. The highest BCUT2D eigenvalue weighted by molar-refractivity contribution is 7.89. The van der Waals surface area contributed by atoms with E-state index in [9.17, 15) is 12.8 Å². The number of nitrogens with zero attached hydrogens (tertiary/aromatic N) is 5. The third kappa shape index (κ3) is 4.24. The highest BCUT2D eigenvalue weighted by atomic mass is 32.2. The molecule has 1 fully saturated rings. The lowest BCUT2D eigenvalue weighted by Gasteiger charge is -2.34. The first-order valence-electron chi connectivity index (χ1n) is 9.46. The Kier molecular flexibility index (Phi) is 5.60. The van der Waals surface area contributed by atoms with E-state index in [0.29, 0.717) is 36.1 Å². The van der Waals surface area contributed by atoms with Gasteiger partial charge in [-0.15, -0.1) is 10.2 Å². The van der Waals surface area contributed by atoms with Gasteiger partial charge in [-0.2, -0.15) is 4.31 Å². The second kappa shape index (κ2) is 8.33. The summed E-state index contributed by atoms with van der Waals surface area (Å²) < 4.78 is 40.8. The summed E-state index contributed by atoms with van der Waals surface area (Å²) in [6.07, 6.45) is 1.68. The molecule has 4 rings (SSSR count). The van der Waals surface area contributed by atoms with Crippen molar-refractivity contribution in [3.8, 4) is 0 Å². The molecule has 0 unspecified atom stereocenters. The number of anilines is 3. The van der Waals surface area contributed by atoms with Gasteiger partial charge in [-0.05, 0) is 48.9 Å². The van der Waals surface area contributed by atoms with E-state index in [-0.39, 0.29) is 18.0 Å². The summed E-state index contributed by atoms with van der Waals surface area (Å²) in [5.74, 6) is 1.35. The molecule has 1 saturated heterocycles. The monoisotopic (exact) mass is 428 g/mol. The molecule has 0 bridgehead atoms. The molecule has 3 aromatic rings. The first-order valence-corrected chi connectivity index (χ1v) is 10.9. The van der Waals surface area contributed by atoms with Crippen LogP contribution in [0.25, 0.3) is 0 Å². The van der Waals surface area contributed by atoms with Crippen molar-refractivity contribution in [1.29, 1.82) is 0 Å². The van der Waals surface area contributed by atoms with E-state index in [1.165, 1.54) is 16.4 Å². The van der Waals surface area contributed by atoms with Crippen LogP contribution in [0.2, 0.25) is 0 Å². The summed E-state index contributed by atoms with van der Waals surface area (Å²) in [5.41, 5.74) is 0.528. The molecule has 2 aromatic heterocycles. The van der Waals surface area contributed by atoms with Crippen LogP contribution in [0.5, 0.6) is 0 Å². The lowest BCUT2D eigenvalue weighted by Crippen LogP contribution is -2.49.